The average Bonchev–Trinajstić information content (AvgIpc) is 2.72. The van der Waals surface area contributed by atoms with Crippen LogP contribution in [0.25, 0.3) is 0 Å². The molecule has 2 bridgehead atoms. The lowest BCUT2D eigenvalue weighted by Gasteiger charge is -2.64. The highest BCUT2D eigenvalue weighted by Crippen LogP contribution is 2.72. The highest BCUT2D eigenvalue weighted by Gasteiger charge is 2.68. The summed E-state index contributed by atoms with van der Waals surface area (Å²) >= 11 is 0. The van der Waals surface area contributed by atoms with Gasteiger partial charge >= 0.3 is 0 Å². The highest BCUT2D eigenvalue weighted by molar-refractivity contribution is 5.85. The highest BCUT2D eigenvalue weighted by atomic mass is 16.3. The maximum Gasteiger partial charge on any atom is 0.162 e. The Labute approximate surface area is 144 Å². The van der Waals surface area contributed by atoms with Crippen LogP contribution in [-0.2, 0) is 4.79 Å². The quantitative estimate of drug-likeness (QED) is 0.686. The van der Waals surface area contributed by atoms with Gasteiger partial charge in [-0.2, -0.15) is 0 Å². The third-order valence-electron chi connectivity index (χ3n) is 8.87. The summed E-state index contributed by atoms with van der Waals surface area (Å²) < 4.78 is 0. The molecule has 0 aromatic carbocycles. The molecule has 4 rings (SSSR count). The first-order chi connectivity index (χ1) is 11.1. The number of fused-ring (bicyclic) bond motifs is 3. The van der Waals surface area contributed by atoms with Crippen molar-refractivity contribution in [2.24, 2.45) is 34.0 Å². The van der Waals surface area contributed by atoms with Gasteiger partial charge in [-0.3, -0.25) is 4.79 Å². The van der Waals surface area contributed by atoms with E-state index < -0.39 is 11.7 Å². The summed E-state index contributed by atoms with van der Waals surface area (Å²) in [6.07, 6.45) is 5.36. The molecular weight excluding hydrogens is 304 g/mol. The largest absolute Gasteiger partial charge is 0.393 e. The smallest absolute Gasteiger partial charge is 0.162 e. The summed E-state index contributed by atoms with van der Waals surface area (Å²) in [5.41, 5.74) is -1.33. The molecule has 0 unspecified atom stereocenters. The van der Waals surface area contributed by atoms with E-state index in [4.69, 9.17) is 0 Å². The molecule has 0 saturated heterocycles. The fraction of sp³-hybridized carbons (Fsp3) is 0.950. The van der Waals surface area contributed by atoms with Crippen molar-refractivity contribution in [3.8, 4) is 0 Å². The van der Waals surface area contributed by atoms with E-state index in [1.54, 1.807) is 0 Å². The maximum absolute atomic E-state index is 12.6. The first kappa shape index (κ1) is 17.0. The number of carbonyl (C=O) groups is 1. The number of carbonyl (C=O) groups excluding carboxylic acids is 1. The van der Waals surface area contributed by atoms with Gasteiger partial charge in [-0.25, -0.2) is 0 Å². The maximum atomic E-state index is 12.6. The van der Waals surface area contributed by atoms with Crippen LogP contribution < -0.4 is 0 Å². The molecule has 0 aromatic rings. The zero-order valence-corrected chi connectivity index (χ0v) is 15.2. The number of hydrogen-bond acceptors (Lipinski definition) is 4. The van der Waals surface area contributed by atoms with Gasteiger partial charge in [0.25, 0.3) is 0 Å². The van der Waals surface area contributed by atoms with Crippen LogP contribution in [0.3, 0.4) is 0 Å². The molecule has 0 amide bonds. The summed E-state index contributed by atoms with van der Waals surface area (Å²) in [5.74, 6) is 0.953. The van der Waals surface area contributed by atoms with Crippen molar-refractivity contribution < 1.29 is 20.1 Å². The van der Waals surface area contributed by atoms with Crippen molar-refractivity contribution in [3.63, 3.8) is 0 Å². The number of aliphatic hydroxyl groups is 3. The summed E-state index contributed by atoms with van der Waals surface area (Å²) in [4.78, 5) is 12.6. The molecule has 3 N–H and O–H groups in total. The summed E-state index contributed by atoms with van der Waals surface area (Å²) in [6.45, 7) is 6.24. The van der Waals surface area contributed by atoms with Crippen LogP contribution in [0.1, 0.15) is 65.7 Å². The fourth-order valence-corrected chi connectivity index (χ4v) is 7.95. The Kier molecular flexibility index (Phi) is 3.42. The topological polar surface area (TPSA) is 77.8 Å². The van der Waals surface area contributed by atoms with E-state index >= 15 is 0 Å². The van der Waals surface area contributed by atoms with E-state index in [0.29, 0.717) is 24.7 Å². The van der Waals surface area contributed by atoms with Crippen molar-refractivity contribution in [3.05, 3.63) is 0 Å². The molecule has 0 aliphatic heterocycles. The molecule has 4 saturated carbocycles. The lowest BCUT2D eigenvalue weighted by atomic mass is 9.40. The van der Waals surface area contributed by atoms with Gasteiger partial charge in [0.15, 0.2) is 5.78 Å². The predicted molar refractivity (Wildman–Crippen MR) is 90.2 cm³/mol. The normalized spacial score (nSPS) is 55.8. The molecule has 1 spiro atoms. The average molecular weight is 336 g/mol. The summed E-state index contributed by atoms with van der Waals surface area (Å²) in [7, 11) is 0. The van der Waals surface area contributed by atoms with Gasteiger partial charge in [-0.15, -0.1) is 0 Å². The molecule has 24 heavy (non-hydrogen) atoms. The van der Waals surface area contributed by atoms with E-state index in [2.05, 4.69) is 20.8 Å². The van der Waals surface area contributed by atoms with Crippen molar-refractivity contribution in [1.82, 2.24) is 0 Å². The van der Waals surface area contributed by atoms with Crippen LogP contribution in [0, 0.1) is 34.0 Å². The van der Waals surface area contributed by atoms with Gasteiger partial charge in [-0.1, -0.05) is 20.8 Å². The van der Waals surface area contributed by atoms with Gasteiger partial charge in [0.1, 0.15) is 6.10 Å². The molecule has 4 fully saturated rings. The third-order valence-corrected chi connectivity index (χ3v) is 8.87. The molecule has 136 valence electrons. The predicted octanol–water partition coefficient (Wildman–Crippen LogP) is 2.29. The zero-order chi connectivity index (χ0) is 17.5. The van der Waals surface area contributed by atoms with Gasteiger partial charge < -0.3 is 15.3 Å². The van der Waals surface area contributed by atoms with Crippen molar-refractivity contribution in [1.29, 1.82) is 0 Å². The second-order valence-corrected chi connectivity index (χ2v) is 10.3. The molecule has 4 nitrogen and oxygen atoms in total. The Morgan fingerprint density at radius 1 is 1.12 bits per heavy atom. The molecule has 4 heteroatoms. The third kappa shape index (κ3) is 1.88. The van der Waals surface area contributed by atoms with Gasteiger partial charge in [0.05, 0.1) is 12.2 Å². The second kappa shape index (κ2) is 4.83. The van der Waals surface area contributed by atoms with Crippen LogP contribution in [0.4, 0.5) is 0 Å². The fourth-order valence-electron chi connectivity index (χ4n) is 7.95. The van der Waals surface area contributed by atoms with E-state index in [1.165, 1.54) is 0 Å². The minimum atomic E-state index is -0.925. The lowest BCUT2D eigenvalue weighted by molar-refractivity contribution is -0.186. The molecule has 0 heterocycles. The van der Waals surface area contributed by atoms with Crippen molar-refractivity contribution in [2.75, 3.05) is 6.61 Å². The Hall–Kier alpha value is -0.450. The SMILES string of the molecule is CC1(C)[C@H](O)C(=O)C[C@@]2(C)[C@H]1CC[C@]13C[C@H](CC[C@@H]12)[C@](O)(CO)C3. The van der Waals surface area contributed by atoms with Gasteiger partial charge in [0.2, 0.25) is 0 Å². The minimum Gasteiger partial charge on any atom is -0.393 e. The van der Waals surface area contributed by atoms with E-state index in [0.717, 1.165) is 32.1 Å². The number of aliphatic hydroxyl groups excluding tert-OH is 2. The molecule has 0 radical (unpaired) electrons. The van der Waals surface area contributed by atoms with Crippen LogP contribution >= 0.6 is 0 Å². The van der Waals surface area contributed by atoms with Crippen LogP contribution in [0.2, 0.25) is 0 Å². The number of rotatable bonds is 1. The standard InChI is InChI=1S/C20H32O4/c1-17(2)14-6-7-19-8-12(20(24,10-19)11-21)4-5-15(19)18(14,3)9-13(22)16(17)23/h12,14-16,21,23-24H,4-11H2,1-3H3/t12-,14-,15+,16+,18-,19+,20+/m0/s1. The van der Waals surface area contributed by atoms with Crippen molar-refractivity contribution >= 4 is 5.78 Å². The molecule has 4 aliphatic rings. The minimum absolute atomic E-state index is 0.00617. The van der Waals surface area contributed by atoms with Crippen LogP contribution in [-0.4, -0.2) is 39.4 Å². The summed E-state index contributed by atoms with van der Waals surface area (Å²) in [5, 5.41) is 31.2. The van der Waals surface area contributed by atoms with E-state index in [1.807, 2.05) is 0 Å². The Bertz CT molecular complexity index is 572. The number of Topliss-reactive ketones (excluding diaryl/α,β-unsaturated/α-hetero) is 1. The zero-order valence-electron chi connectivity index (χ0n) is 15.2. The second-order valence-electron chi connectivity index (χ2n) is 10.3. The summed E-state index contributed by atoms with van der Waals surface area (Å²) in [6, 6.07) is 0. The van der Waals surface area contributed by atoms with Crippen LogP contribution in [0.15, 0.2) is 0 Å². The molecular formula is C20H32O4. The number of ketones is 1. The molecule has 7 atom stereocenters. The van der Waals surface area contributed by atoms with E-state index in [9.17, 15) is 20.1 Å². The van der Waals surface area contributed by atoms with Crippen molar-refractivity contribution in [2.45, 2.75) is 77.4 Å². The number of hydrogen-bond donors (Lipinski definition) is 3. The molecule has 4 aliphatic carbocycles. The Balaban J connectivity index is 1.75. The molecule has 0 aromatic heterocycles. The first-order valence-electron chi connectivity index (χ1n) is 9.63. The van der Waals surface area contributed by atoms with Gasteiger partial charge in [0, 0.05) is 11.8 Å². The lowest BCUT2D eigenvalue weighted by Crippen LogP contribution is -2.62. The van der Waals surface area contributed by atoms with Gasteiger partial charge in [-0.05, 0) is 67.1 Å². The monoisotopic (exact) mass is 336 g/mol. The Morgan fingerprint density at radius 2 is 1.83 bits per heavy atom. The van der Waals surface area contributed by atoms with Crippen LogP contribution in [0.5, 0.6) is 0 Å². The Morgan fingerprint density at radius 3 is 2.50 bits per heavy atom. The van der Waals surface area contributed by atoms with E-state index in [-0.39, 0.29) is 34.6 Å². The first-order valence-corrected chi connectivity index (χ1v) is 9.63.